The van der Waals surface area contributed by atoms with Crippen LogP contribution < -0.4 is 5.32 Å². The van der Waals surface area contributed by atoms with E-state index in [1.807, 2.05) is 6.92 Å². The Hall–Kier alpha value is -2.55. The largest absolute Gasteiger partial charge is 0.459 e. The molecule has 2 amide bonds. The zero-order valence-corrected chi connectivity index (χ0v) is 17.0. The van der Waals surface area contributed by atoms with Gasteiger partial charge in [0.1, 0.15) is 6.54 Å². The van der Waals surface area contributed by atoms with E-state index in [-0.39, 0.29) is 18.4 Å². The maximum atomic E-state index is 12.4. The first-order valence-corrected chi connectivity index (χ1v) is 9.66. The Labute approximate surface area is 166 Å². The summed E-state index contributed by atoms with van der Waals surface area (Å²) in [5, 5.41) is 3.32. The molecule has 156 valence electrons. The van der Waals surface area contributed by atoms with Crippen molar-refractivity contribution in [2.75, 3.05) is 66.6 Å². The highest BCUT2D eigenvalue weighted by molar-refractivity contribution is 5.91. The van der Waals surface area contributed by atoms with Crippen LogP contribution in [0.4, 0.5) is 0 Å². The van der Waals surface area contributed by atoms with Gasteiger partial charge in [-0.15, -0.1) is 0 Å². The van der Waals surface area contributed by atoms with Crippen molar-refractivity contribution in [1.29, 1.82) is 0 Å². The van der Waals surface area contributed by atoms with Gasteiger partial charge in [0.2, 0.25) is 5.91 Å². The highest BCUT2D eigenvalue weighted by atomic mass is 16.5. The van der Waals surface area contributed by atoms with Gasteiger partial charge in [0.15, 0.2) is 11.7 Å². The summed E-state index contributed by atoms with van der Waals surface area (Å²) in [6.45, 7) is 6.56. The maximum Gasteiger partial charge on any atom is 0.289 e. The van der Waals surface area contributed by atoms with Crippen LogP contribution in [0.2, 0.25) is 0 Å². The molecule has 1 fully saturated rings. The first kappa shape index (κ1) is 21.7. The summed E-state index contributed by atoms with van der Waals surface area (Å²) in [4.78, 5) is 34.2. The van der Waals surface area contributed by atoms with E-state index in [1.54, 1.807) is 31.1 Å². The summed E-state index contributed by atoms with van der Waals surface area (Å²) in [7, 11) is 3.43. The van der Waals surface area contributed by atoms with Gasteiger partial charge >= 0.3 is 0 Å². The van der Waals surface area contributed by atoms with Gasteiger partial charge in [0, 0.05) is 60.0 Å². The minimum atomic E-state index is -0.101. The van der Waals surface area contributed by atoms with Crippen LogP contribution in [-0.2, 0) is 9.53 Å². The molecule has 1 aliphatic heterocycles. The molecule has 2 rings (SSSR count). The van der Waals surface area contributed by atoms with Crippen molar-refractivity contribution >= 4 is 17.8 Å². The van der Waals surface area contributed by atoms with Crippen LogP contribution in [0.15, 0.2) is 27.8 Å². The smallest absolute Gasteiger partial charge is 0.289 e. The number of amides is 2. The van der Waals surface area contributed by atoms with Crippen LogP contribution in [0.5, 0.6) is 0 Å². The molecule has 1 N–H and O–H groups in total. The Balaban J connectivity index is 1.91. The van der Waals surface area contributed by atoms with E-state index >= 15 is 0 Å². The zero-order valence-electron chi connectivity index (χ0n) is 17.0. The number of ether oxygens (including phenoxy) is 1. The molecule has 1 aromatic heterocycles. The van der Waals surface area contributed by atoms with Crippen molar-refractivity contribution in [3.05, 3.63) is 24.2 Å². The molecule has 1 saturated heterocycles. The average Bonchev–Trinajstić information content (AvgIpc) is 3.24. The fraction of sp³-hybridized carbons (Fsp3) is 0.632. The molecule has 0 spiro atoms. The van der Waals surface area contributed by atoms with Crippen molar-refractivity contribution in [1.82, 2.24) is 20.0 Å². The Morgan fingerprint density at radius 1 is 1.25 bits per heavy atom. The fourth-order valence-electron chi connectivity index (χ4n) is 2.75. The molecule has 1 aliphatic rings. The van der Waals surface area contributed by atoms with E-state index in [0.29, 0.717) is 57.7 Å². The Kier molecular flexibility index (Phi) is 8.80. The van der Waals surface area contributed by atoms with Gasteiger partial charge in [-0.1, -0.05) is 0 Å². The summed E-state index contributed by atoms with van der Waals surface area (Å²) >= 11 is 0. The standard InChI is InChI=1S/C19H31N5O4/c1-4-27-13-6-8-20-19(21-15-17(25)22(2)3)24-11-9-23(10-12-24)18(26)16-7-5-14-28-16/h5,7,14H,4,6,8-13,15H2,1-3H3,(H,20,21). The van der Waals surface area contributed by atoms with Gasteiger partial charge in [-0.05, 0) is 25.5 Å². The zero-order chi connectivity index (χ0) is 20.4. The number of carbonyl (C=O) groups is 2. The first-order valence-electron chi connectivity index (χ1n) is 9.66. The lowest BCUT2D eigenvalue weighted by molar-refractivity contribution is -0.127. The number of hydrogen-bond acceptors (Lipinski definition) is 5. The minimum absolute atomic E-state index is 0.0553. The van der Waals surface area contributed by atoms with Gasteiger partial charge in [0.05, 0.1) is 6.26 Å². The number of furan rings is 1. The molecule has 0 bridgehead atoms. The summed E-state index contributed by atoms with van der Waals surface area (Å²) in [5.74, 6) is 0.889. The van der Waals surface area contributed by atoms with E-state index in [1.165, 1.54) is 11.2 Å². The molecule has 9 nitrogen and oxygen atoms in total. The molecule has 0 aliphatic carbocycles. The first-order chi connectivity index (χ1) is 13.5. The number of nitrogens with one attached hydrogen (secondary N) is 1. The van der Waals surface area contributed by atoms with Gasteiger partial charge in [-0.25, -0.2) is 4.99 Å². The summed E-state index contributed by atoms with van der Waals surface area (Å²) in [5.41, 5.74) is 0. The third-order valence-corrected chi connectivity index (χ3v) is 4.41. The minimum Gasteiger partial charge on any atom is -0.459 e. The fourth-order valence-corrected chi connectivity index (χ4v) is 2.75. The molecular weight excluding hydrogens is 362 g/mol. The monoisotopic (exact) mass is 393 g/mol. The number of nitrogens with zero attached hydrogens (tertiary/aromatic N) is 4. The molecule has 1 aromatic rings. The molecule has 0 atom stereocenters. The predicted octanol–water partition coefficient (Wildman–Crippen LogP) is 0.498. The lowest BCUT2D eigenvalue weighted by Gasteiger charge is -2.36. The topological polar surface area (TPSA) is 90.6 Å². The number of likely N-dealkylation sites (N-methyl/N-ethyl adjacent to an activating group) is 1. The average molecular weight is 393 g/mol. The van der Waals surface area contributed by atoms with Gasteiger partial charge in [-0.3, -0.25) is 9.59 Å². The number of aliphatic imine (C=N–C) groups is 1. The Bertz CT molecular complexity index is 637. The highest BCUT2D eigenvalue weighted by Gasteiger charge is 2.25. The van der Waals surface area contributed by atoms with Crippen LogP contribution in [0.3, 0.4) is 0 Å². The van der Waals surface area contributed by atoms with Crippen molar-refractivity contribution in [2.24, 2.45) is 4.99 Å². The second-order valence-corrected chi connectivity index (χ2v) is 6.66. The maximum absolute atomic E-state index is 12.4. The molecule has 28 heavy (non-hydrogen) atoms. The number of hydrogen-bond donors (Lipinski definition) is 1. The van der Waals surface area contributed by atoms with Gasteiger partial charge in [0.25, 0.3) is 5.91 Å². The van der Waals surface area contributed by atoms with Crippen molar-refractivity contribution in [3.63, 3.8) is 0 Å². The molecular formula is C19H31N5O4. The van der Waals surface area contributed by atoms with E-state index in [9.17, 15) is 9.59 Å². The summed E-state index contributed by atoms with van der Waals surface area (Å²) in [6.07, 6.45) is 2.35. The number of piperazine rings is 1. The second-order valence-electron chi connectivity index (χ2n) is 6.66. The van der Waals surface area contributed by atoms with Crippen molar-refractivity contribution in [2.45, 2.75) is 13.3 Å². The molecule has 0 aromatic carbocycles. The van der Waals surface area contributed by atoms with Crippen molar-refractivity contribution in [3.8, 4) is 0 Å². The third kappa shape index (κ3) is 6.56. The SMILES string of the molecule is CCOCCCNC(=NCC(=O)N(C)C)N1CCN(C(=O)c2ccco2)CC1. The van der Waals surface area contributed by atoms with E-state index in [0.717, 1.165) is 6.42 Å². The molecule has 0 radical (unpaired) electrons. The second kappa shape index (κ2) is 11.3. The molecule has 9 heteroatoms. The third-order valence-electron chi connectivity index (χ3n) is 4.41. The van der Waals surface area contributed by atoms with Gasteiger partial charge in [-0.2, -0.15) is 0 Å². The van der Waals surface area contributed by atoms with Crippen LogP contribution in [0.25, 0.3) is 0 Å². The lowest BCUT2D eigenvalue weighted by atomic mass is 10.3. The number of carbonyl (C=O) groups excluding carboxylic acids is 2. The van der Waals surface area contributed by atoms with E-state index in [4.69, 9.17) is 9.15 Å². The van der Waals surface area contributed by atoms with Crippen LogP contribution in [0, 0.1) is 0 Å². The summed E-state index contributed by atoms with van der Waals surface area (Å²) < 4.78 is 10.6. The van der Waals surface area contributed by atoms with E-state index in [2.05, 4.69) is 15.2 Å². The molecule has 0 unspecified atom stereocenters. The van der Waals surface area contributed by atoms with Crippen LogP contribution >= 0.6 is 0 Å². The van der Waals surface area contributed by atoms with Crippen molar-refractivity contribution < 1.29 is 18.7 Å². The molecule has 0 saturated carbocycles. The summed E-state index contributed by atoms with van der Waals surface area (Å²) in [6, 6.07) is 3.39. The Morgan fingerprint density at radius 2 is 1.96 bits per heavy atom. The van der Waals surface area contributed by atoms with Gasteiger partial charge < -0.3 is 29.2 Å². The highest BCUT2D eigenvalue weighted by Crippen LogP contribution is 2.09. The normalized spacial score (nSPS) is 14.9. The quantitative estimate of drug-likeness (QED) is 0.393. The number of guanidine groups is 1. The number of rotatable bonds is 8. The predicted molar refractivity (Wildman–Crippen MR) is 106 cm³/mol. The van der Waals surface area contributed by atoms with E-state index < -0.39 is 0 Å². The lowest BCUT2D eigenvalue weighted by Crippen LogP contribution is -2.54. The van der Waals surface area contributed by atoms with Crippen LogP contribution in [0.1, 0.15) is 23.9 Å². The van der Waals surface area contributed by atoms with Crippen LogP contribution in [-0.4, -0.2) is 99.1 Å². The Morgan fingerprint density at radius 3 is 2.57 bits per heavy atom. The molecule has 2 heterocycles.